The van der Waals surface area contributed by atoms with Crippen LogP contribution in [0.4, 0.5) is 0 Å². The molecule has 4 rings (SSSR count). The van der Waals surface area contributed by atoms with E-state index in [0.717, 1.165) is 30.8 Å². The predicted molar refractivity (Wildman–Crippen MR) is 89.0 cm³/mol. The van der Waals surface area contributed by atoms with Crippen molar-refractivity contribution in [3.05, 3.63) is 33.2 Å². The highest BCUT2D eigenvalue weighted by molar-refractivity contribution is 5.93. The molecule has 2 saturated carbocycles. The Hall–Kier alpha value is -1.66. The van der Waals surface area contributed by atoms with E-state index >= 15 is 0 Å². The second-order valence-corrected chi connectivity index (χ2v) is 7.80. The van der Waals surface area contributed by atoms with Crippen LogP contribution in [0.1, 0.15) is 66.6 Å². The van der Waals surface area contributed by atoms with Crippen LogP contribution in [0.2, 0.25) is 0 Å². The van der Waals surface area contributed by atoms with Crippen molar-refractivity contribution >= 4 is 5.91 Å². The van der Waals surface area contributed by atoms with E-state index in [1.165, 1.54) is 50.4 Å². The van der Waals surface area contributed by atoms with Gasteiger partial charge in [0.2, 0.25) is 0 Å². The van der Waals surface area contributed by atoms with Gasteiger partial charge in [0, 0.05) is 24.8 Å². The van der Waals surface area contributed by atoms with Gasteiger partial charge in [0.1, 0.15) is 5.56 Å². The van der Waals surface area contributed by atoms with Gasteiger partial charge in [-0.05, 0) is 49.1 Å². The number of nitrogens with zero attached hydrogens (tertiary/aromatic N) is 1. The first-order valence-corrected chi connectivity index (χ1v) is 9.04. The monoisotopic (exact) mass is 331 g/mol. The number of nitrogens with one attached hydrogen (secondary N) is 2. The molecule has 3 aliphatic rings. The molecular formula is C18H25N3O3. The highest BCUT2D eigenvalue weighted by Gasteiger charge is 2.46. The molecule has 24 heavy (non-hydrogen) atoms. The van der Waals surface area contributed by atoms with Gasteiger partial charge in [0.25, 0.3) is 11.5 Å². The van der Waals surface area contributed by atoms with Crippen molar-refractivity contribution in [2.24, 2.45) is 5.41 Å². The number of H-pyrrole nitrogens is 1. The molecule has 0 unspecified atom stereocenters. The van der Waals surface area contributed by atoms with E-state index in [2.05, 4.69) is 9.88 Å². The van der Waals surface area contributed by atoms with E-state index < -0.39 is 11.5 Å². The zero-order chi connectivity index (χ0) is 16.7. The normalized spacial score (nSPS) is 23.5. The van der Waals surface area contributed by atoms with Crippen molar-refractivity contribution in [2.45, 2.75) is 64.0 Å². The average Bonchev–Trinajstić information content (AvgIpc) is 2.58. The quantitative estimate of drug-likeness (QED) is 0.571. The van der Waals surface area contributed by atoms with E-state index in [1.807, 2.05) is 0 Å². The van der Waals surface area contributed by atoms with Crippen molar-refractivity contribution in [1.29, 1.82) is 0 Å². The van der Waals surface area contributed by atoms with Gasteiger partial charge < -0.3 is 4.98 Å². The molecule has 0 aromatic carbocycles. The number of carbonyl (C=O) groups is 1. The number of aromatic nitrogens is 1. The lowest BCUT2D eigenvalue weighted by Gasteiger charge is -2.54. The van der Waals surface area contributed by atoms with Crippen LogP contribution in [0.5, 0.6) is 0 Å². The molecule has 1 spiro atoms. The maximum atomic E-state index is 12.0. The Labute approximate surface area is 141 Å². The summed E-state index contributed by atoms with van der Waals surface area (Å²) < 4.78 is 0. The van der Waals surface area contributed by atoms with E-state index in [1.54, 1.807) is 6.07 Å². The third-order valence-electron chi connectivity index (χ3n) is 6.36. The standard InChI is InChI=1S/C18H25N3O3/c22-16-14(17(23)20-24)8-12-4-7-21(11-15(12)19-16)13-9-18(10-13)5-2-1-3-6-18/h8,13,24H,1-7,9-11H2,(H,19,22)(H,20,23). The van der Waals surface area contributed by atoms with Crippen molar-refractivity contribution in [3.8, 4) is 0 Å². The minimum Gasteiger partial charge on any atom is -0.324 e. The van der Waals surface area contributed by atoms with Gasteiger partial charge in [-0.15, -0.1) is 0 Å². The molecule has 0 radical (unpaired) electrons. The number of hydrogen-bond acceptors (Lipinski definition) is 4. The SMILES string of the molecule is O=C(NO)c1cc2c([nH]c1=O)CN(C1CC3(CCCCC3)C1)CC2. The lowest BCUT2D eigenvalue weighted by Crippen LogP contribution is -2.53. The summed E-state index contributed by atoms with van der Waals surface area (Å²) in [6, 6.07) is 2.26. The van der Waals surface area contributed by atoms with Crippen molar-refractivity contribution in [3.63, 3.8) is 0 Å². The molecular weight excluding hydrogens is 306 g/mol. The van der Waals surface area contributed by atoms with Crippen molar-refractivity contribution < 1.29 is 10.0 Å². The summed E-state index contributed by atoms with van der Waals surface area (Å²) in [6.07, 6.45) is 10.4. The second kappa shape index (κ2) is 6.01. The third-order valence-corrected chi connectivity index (χ3v) is 6.36. The molecule has 1 aromatic heterocycles. The van der Waals surface area contributed by atoms with Gasteiger partial charge in [0.15, 0.2) is 0 Å². The molecule has 3 N–H and O–H groups in total. The molecule has 130 valence electrons. The maximum absolute atomic E-state index is 12.0. The van der Waals surface area contributed by atoms with Crippen LogP contribution < -0.4 is 11.0 Å². The summed E-state index contributed by atoms with van der Waals surface area (Å²) in [6.45, 7) is 1.73. The molecule has 2 aliphatic carbocycles. The Bertz CT molecular complexity index is 698. The molecule has 1 aliphatic heterocycles. The zero-order valence-electron chi connectivity index (χ0n) is 13.9. The van der Waals surface area contributed by atoms with Crippen LogP contribution >= 0.6 is 0 Å². The molecule has 2 heterocycles. The zero-order valence-corrected chi connectivity index (χ0v) is 13.9. The molecule has 0 atom stereocenters. The van der Waals surface area contributed by atoms with Crippen LogP contribution in [0, 0.1) is 5.41 Å². The largest absolute Gasteiger partial charge is 0.324 e. The summed E-state index contributed by atoms with van der Waals surface area (Å²) in [7, 11) is 0. The topological polar surface area (TPSA) is 85.4 Å². The maximum Gasteiger partial charge on any atom is 0.280 e. The lowest BCUT2D eigenvalue weighted by atomic mass is 9.58. The summed E-state index contributed by atoms with van der Waals surface area (Å²) in [5.74, 6) is -0.750. The minimum atomic E-state index is -0.750. The smallest absolute Gasteiger partial charge is 0.280 e. The predicted octanol–water partition coefficient (Wildman–Crippen LogP) is 1.96. The van der Waals surface area contributed by atoms with Crippen LogP contribution in [-0.4, -0.2) is 33.6 Å². The van der Waals surface area contributed by atoms with Gasteiger partial charge >= 0.3 is 0 Å². The number of aromatic amines is 1. The molecule has 6 heteroatoms. The molecule has 0 bridgehead atoms. The number of carbonyl (C=O) groups excluding carboxylic acids is 1. The number of pyridine rings is 1. The fourth-order valence-electron chi connectivity index (χ4n) is 4.97. The first-order chi connectivity index (χ1) is 11.6. The third kappa shape index (κ3) is 2.67. The van der Waals surface area contributed by atoms with Gasteiger partial charge in [-0.2, -0.15) is 0 Å². The van der Waals surface area contributed by atoms with Crippen LogP contribution in [0.25, 0.3) is 0 Å². The van der Waals surface area contributed by atoms with Crippen LogP contribution in [-0.2, 0) is 13.0 Å². The Morgan fingerprint density at radius 2 is 2.04 bits per heavy atom. The second-order valence-electron chi connectivity index (χ2n) is 7.80. The van der Waals surface area contributed by atoms with Gasteiger partial charge in [-0.3, -0.25) is 19.7 Å². The molecule has 0 saturated heterocycles. The summed E-state index contributed by atoms with van der Waals surface area (Å²) in [4.78, 5) is 28.9. The molecule has 6 nitrogen and oxygen atoms in total. The number of hydroxylamine groups is 1. The average molecular weight is 331 g/mol. The minimum absolute atomic E-state index is 0.0190. The first kappa shape index (κ1) is 15.8. The van der Waals surface area contributed by atoms with Gasteiger partial charge in [0.05, 0.1) is 0 Å². The Morgan fingerprint density at radius 1 is 1.29 bits per heavy atom. The van der Waals surface area contributed by atoms with Crippen molar-refractivity contribution in [1.82, 2.24) is 15.4 Å². The Morgan fingerprint density at radius 3 is 2.75 bits per heavy atom. The highest BCUT2D eigenvalue weighted by Crippen LogP contribution is 2.53. The van der Waals surface area contributed by atoms with Crippen LogP contribution in [0.3, 0.4) is 0 Å². The number of fused-ring (bicyclic) bond motifs is 1. The van der Waals surface area contributed by atoms with Crippen LogP contribution in [0.15, 0.2) is 10.9 Å². The fourth-order valence-corrected chi connectivity index (χ4v) is 4.97. The van der Waals surface area contributed by atoms with Gasteiger partial charge in [-0.25, -0.2) is 5.48 Å². The fraction of sp³-hybridized carbons (Fsp3) is 0.667. The lowest BCUT2D eigenvalue weighted by molar-refractivity contribution is -0.0313. The number of amides is 1. The van der Waals surface area contributed by atoms with Crippen molar-refractivity contribution in [2.75, 3.05) is 6.54 Å². The summed E-state index contributed by atoms with van der Waals surface area (Å²) in [5.41, 5.74) is 3.63. The van der Waals surface area contributed by atoms with E-state index in [9.17, 15) is 9.59 Å². The Kier molecular flexibility index (Phi) is 3.96. The summed E-state index contributed by atoms with van der Waals surface area (Å²) in [5, 5.41) is 8.73. The molecule has 1 amide bonds. The van der Waals surface area contributed by atoms with E-state index in [0.29, 0.717) is 11.5 Å². The highest BCUT2D eigenvalue weighted by atomic mass is 16.5. The first-order valence-electron chi connectivity index (χ1n) is 9.04. The molecule has 2 fully saturated rings. The number of hydrogen-bond donors (Lipinski definition) is 3. The Balaban J connectivity index is 1.46. The van der Waals surface area contributed by atoms with E-state index in [4.69, 9.17) is 5.21 Å². The van der Waals surface area contributed by atoms with E-state index in [-0.39, 0.29) is 5.56 Å². The number of rotatable bonds is 2. The summed E-state index contributed by atoms with van der Waals surface area (Å²) >= 11 is 0. The molecule has 1 aromatic rings. The van der Waals surface area contributed by atoms with Gasteiger partial charge in [-0.1, -0.05) is 19.3 Å².